The molecule has 3 nitrogen and oxygen atoms in total. The number of thioether (sulfide) groups is 1. The number of likely N-dealkylation sites (tertiary alicyclic amines) is 1. The van der Waals surface area contributed by atoms with E-state index in [2.05, 4.69) is 16.3 Å². The van der Waals surface area contributed by atoms with Crippen LogP contribution < -0.4 is 5.32 Å². The molecule has 0 aromatic carbocycles. The minimum atomic E-state index is 0.105. The number of hydrogen-bond acceptors (Lipinski definition) is 3. The van der Waals surface area contributed by atoms with Crippen LogP contribution in [0.3, 0.4) is 0 Å². The molecule has 0 atom stereocenters. The maximum atomic E-state index is 11.8. The summed E-state index contributed by atoms with van der Waals surface area (Å²) in [7, 11) is 0. The zero-order chi connectivity index (χ0) is 14.2. The predicted molar refractivity (Wildman–Crippen MR) is 90.0 cm³/mol. The van der Waals surface area contributed by atoms with Gasteiger partial charge in [-0.3, -0.25) is 4.79 Å². The highest BCUT2D eigenvalue weighted by molar-refractivity contribution is 8.23. The zero-order valence-electron chi connectivity index (χ0n) is 12.0. The second kappa shape index (κ2) is 8.67. The zero-order valence-corrected chi connectivity index (χ0v) is 13.7. The van der Waals surface area contributed by atoms with Crippen LogP contribution in [0.15, 0.2) is 11.6 Å². The van der Waals surface area contributed by atoms with Crippen molar-refractivity contribution in [3.63, 3.8) is 0 Å². The first-order chi connectivity index (χ1) is 9.75. The summed E-state index contributed by atoms with van der Waals surface area (Å²) in [4.78, 5) is 14.0. The second-order valence-corrected chi connectivity index (χ2v) is 7.07. The topological polar surface area (TPSA) is 32.3 Å². The van der Waals surface area contributed by atoms with E-state index in [0.717, 1.165) is 30.4 Å². The standard InChI is InChI=1S/C15H24N2OS2/c18-14(12-20-15(19)17-10-4-5-11-17)16-9-8-13-6-2-1-3-7-13/h6H,1-5,7-12H2,(H,16,18). The van der Waals surface area contributed by atoms with Crippen LogP contribution in [0.4, 0.5) is 0 Å². The van der Waals surface area contributed by atoms with Crippen molar-refractivity contribution >= 4 is 34.2 Å². The SMILES string of the molecule is O=C(CSC(=S)N1CCCC1)NCCC1=CCCCC1. The number of nitrogens with zero attached hydrogens (tertiary/aromatic N) is 1. The van der Waals surface area contributed by atoms with Crippen LogP contribution in [0, 0.1) is 0 Å². The fourth-order valence-corrected chi connectivity index (χ4v) is 3.74. The van der Waals surface area contributed by atoms with Crippen LogP contribution in [0.2, 0.25) is 0 Å². The number of carbonyl (C=O) groups excluding carboxylic acids is 1. The maximum Gasteiger partial charge on any atom is 0.230 e. The number of rotatable bonds is 5. The van der Waals surface area contributed by atoms with E-state index in [9.17, 15) is 4.79 Å². The molecule has 1 N–H and O–H groups in total. The molecule has 1 amide bonds. The first-order valence-electron chi connectivity index (χ1n) is 7.62. The van der Waals surface area contributed by atoms with Gasteiger partial charge in [0.1, 0.15) is 4.32 Å². The molecular formula is C15H24N2OS2. The Morgan fingerprint density at radius 1 is 1.30 bits per heavy atom. The third kappa shape index (κ3) is 5.44. The lowest BCUT2D eigenvalue weighted by atomic mass is 9.97. The van der Waals surface area contributed by atoms with Gasteiger partial charge in [0, 0.05) is 19.6 Å². The summed E-state index contributed by atoms with van der Waals surface area (Å²) in [6.45, 7) is 2.88. The molecule has 112 valence electrons. The summed E-state index contributed by atoms with van der Waals surface area (Å²) in [5, 5.41) is 3.00. The molecule has 0 radical (unpaired) electrons. The van der Waals surface area contributed by atoms with E-state index in [1.807, 2.05) is 0 Å². The molecule has 1 aliphatic heterocycles. The van der Waals surface area contributed by atoms with Crippen molar-refractivity contribution in [3.05, 3.63) is 11.6 Å². The molecule has 0 bridgehead atoms. The van der Waals surface area contributed by atoms with Crippen LogP contribution in [0.25, 0.3) is 0 Å². The highest BCUT2D eigenvalue weighted by Crippen LogP contribution is 2.19. The Bertz CT molecular complexity index is 376. The molecular weight excluding hydrogens is 288 g/mol. The van der Waals surface area contributed by atoms with Gasteiger partial charge in [-0.1, -0.05) is 35.6 Å². The van der Waals surface area contributed by atoms with Gasteiger partial charge >= 0.3 is 0 Å². The molecule has 0 saturated carbocycles. The largest absolute Gasteiger partial charge is 0.358 e. The van der Waals surface area contributed by atoms with E-state index >= 15 is 0 Å². The summed E-state index contributed by atoms with van der Waals surface area (Å²) in [5.74, 6) is 0.557. The van der Waals surface area contributed by atoms with E-state index in [1.165, 1.54) is 55.9 Å². The summed E-state index contributed by atoms with van der Waals surface area (Å²) in [5.41, 5.74) is 1.51. The second-order valence-electron chi connectivity index (χ2n) is 5.46. The Hall–Kier alpha value is -0.550. The molecule has 0 unspecified atom stereocenters. The van der Waals surface area contributed by atoms with Crippen LogP contribution in [0.5, 0.6) is 0 Å². The predicted octanol–water partition coefficient (Wildman–Crippen LogP) is 3.11. The van der Waals surface area contributed by atoms with Crippen molar-refractivity contribution in [1.82, 2.24) is 10.2 Å². The molecule has 2 rings (SSSR count). The summed E-state index contributed by atoms with van der Waals surface area (Å²) in [6, 6.07) is 0. The fourth-order valence-electron chi connectivity index (χ4n) is 2.66. The lowest BCUT2D eigenvalue weighted by molar-refractivity contribution is -0.118. The van der Waals surface area contributed by atoms with Gasteiger partial charge in [0.05, 0.1) is 5.75 Å². The average Bonchev–Trinajstić information content (AvgIpc) is 3.00. The van der Waals surface area contributed by atoms with Gasteiger partial charge in [0.15, 0.2) is 0 Å². The van der Waals surface area contributed by atoms with E-state index in [0.29, 0.717) is 5.75 Å². The van der Waals surface area contributed by atoms with Crippen molar-refractivity contribution in [3.8, 4) is 0 Å². The maximum absolute atomic E-state index is 11.8. The normalized spacial score (nSPS) is 18.8. The first-order valence-corrected chi connectivity index (χ1v) is 9.01. The average molecular weight is 313 g/mol. The number of allylic oxidation sites excluding steroid dienone is 1. The van der Waals surface area contributed by atoms with Gasteiger partial charge in [-0.25, -0.2) is 0 Å². The molecule has 1 fully saturated rings. The lowest BCUT2D eigenvalue weighted by Gasteiger charge is -2.17. The van der Waals surface area contributed by atoms with Crippen molar-refractivity contribution in [1.29, 1.82) is 0 Å². The molecule has 1 heterocycles. The molecule has 2 aliphatic rings. The summed E-state index contributed by atoms with van der Waals surface area (Å²) >= 11 is 6.85. The molecule has 20 heavy (non-hydrogen) atoms. The Kier molecular flexibility index (Phi) is 6.87. The minimum absolute atomic E-state index is 0.105. The molecule has 0 spiro atoms. The monoisotopic (exact) mass is 312 g/mol. The van der Waals surface area contributed by atoms with Crippen LogP contribution in [-0.2, 0) is 4.79 Å². The third-order valence-electron chi connectivity index (χ3n) is 3.84. The van der Waals surface area contributed by atoms with Crippen LogP contribution >= 0.6 is 24.0 Å². The minimum Gasteiger partial charge on any atom is -0.358 e. The lowest BCUT2D eigenvalue weighted by Crippen LogP contribution is -2.29. The van der Waals surface area contributed by atoms with Gasteiger partial charge in [-0.2, -0.15) is 0 Å². The van der Waals surface area contributed by atoms with Gasteiger partial charge in [0.2, 0.25) is 5.91 Å². The van der Waals surface area contributed by atoms with Crippen molar-refractivity contribution in [2.45, 2.75) is 44.9 Å². The summed E-state index contributed by atoms with van der Waals surface area (Å²) in [6.07, 6.45) is 10.8. The van der Waals surface area contributed by atoms with Crippen molar-refractivity contribution in [2.75, 3.05) is 25.4 Å². The Balaban J connectivity index is 1.55. The molecule has 0 aromatic heterocycles. The number of thiocarbonyl (C=S) groups is 1. The van der Waals surface area contributed by atoms with Gasteiger partial charge in [0.25, 0.3) is 0 Å². The molecule has 5 heteroatoms. The van der Waals surface area contributed by atoms with Gasteiger partial charge < -0.3 is 10.2 Å². The van der Waals surface area contributed by atoms with E-state index < -0.39 is 0 Å². The van der Waals surface area contributed by atoms with Gasteiger partial charge in [-0.15, -0.1) is 0 Å². The van der Waals surface area contributed by atoms with Gasteiger partial charge in [-0.05, 0) is 44.9 Å². The Labute approximate surface area is 131 Å². The number of nitrogens with one attached hydrogen (secondary N) is 1. The highest BCUT2D eigenvalue weighted by Gasteiger charge is 2.16. The Morgan fingerprint density at radius 2 is 2.10 bits per heavy atom. The van der Waals surface area contributed by atoms with E-state index in [4.69, 9.17) is 12.2 Å². The molecule has 0 aromatic rings. The van der Waals surface area contributed by atoms with Crippen molar-refractivity contribution in [2.24, 2.45) is 0 Å². The quantitative estimate of drug-likeness (QED) is 0.624. The Morgan fingerprint density at radius 3 is 2.80 bits per heavy atom. The van der Waals surface area contributed by atoms with Crippen LogP contribution in [0.1, 0.15) is 44.9 Å². The van der Waals surface area contributed by atoms with E-state index in [1.54, 1.807) is 0 Å². The highest BCUT2D eigenvalue weighted by atomic mass is 32.2. The smallest absolute Gasteiger partial charge is 0.230 e. The first kappa shape index (κ1) is 15.8. The summed E-state index contributed by atoms with van der Waals surface area (Å²) < 4.78 is 0.882. The molecule has 1 aliphatic carbocycles. The molecule has 1 saturated heterocycles. The number of carbonyl (C=O) groups is 1. The number of hydrogen-bond donors (Lipinski definition) is 1. The van der Waals surface area contributed by atoms with Crippen LogP contribution in [-0.4, -0.2) is 40.5 Å². The third-order valence-corrected chi connectivity index (χ3v) is 5.37. The van der Waals surface area contributed by atoms with Crippen molar-refractivity contribution < 1.29 is 4.79 Å². The van der Waals surface area contributed by atoms with E-state index in [-0.39, 0.29) is 5.91 Å². The number of amides is 1. The fraction of sp³-hybridized carbons (Fsp3) is 0.733.